The van der Waals surface area contributed by atoms with Crippen molar-refractivity contribution in [3.8, 4) is 0 Å². The van der Waals surface area contributed by atoms with Gasteiger partial charge in [0, 0.05) is 24.7 Å². The summed E-state index contributed by atoms with van der Waals surface area (Å²) in [5, 5.41) is 13.9. The van der Waals surface area contributed by atoms with Crippen molar-refractivity contribution < 1.29 is 9.90 Å². The van der Waals surface area contributed by atoms with E-state index in [1.807, 2.05) is 17.2 Å². The van der Waals surface area contributed by atoms with Gasteiger partial charge in [0.05, 0.1) is 6.54 Å². The van der Waals surface area contributed by atoms with Gasteiger partial charge in [0.25, 0.3) is 0 Å². The Morgan fingerprint density at radius 1 is 1.69 bits per heavy atom. The normalized spacial score (nSPS) is 10.7. The van der Waals surface area contributed by atoms with Crippen LogP contribution in [0.1, 0.15) is 13.3 Å². The molecule has 1 aromatic rings. The SMILES string of the molecule is CCN(CCCO)CC(=O)Nc1nccs1. The molecule has 0 unspecified atom stereocenters. The van der Waals surface area contributed by atoms with E-state index in [2.05, 4.69) is 10.3 Å². The molecule has 2 N–H and O–H groups in total. The summed E-state index contributed by atoms with van der Waals surface area (Å²) in [4.78, 5) is 17.6. The zero-order valence-corrected chi connectivity index (χ0v) is 10.2. The van der Waals surface area contributed by atoms with Crippen molar-refractivity contribution in [3.05, 3.63) is 11.6 Å². The van der Waals surface area contributed by atoms with Crippen LogP contribution in [-0.2, 0) is 4.79 Å². The zero-order chi connectivity index (χ0) is 11.8. The smallest absolute Gasteiger partial charge is 0.240 e. The van der Waals surface area contributed by atoms with Gasteiger partial charge in [0.1, 0.15) is 0 Å². The van der Waals surface area contributed by atoms with Gasteiger partial charge in [0.2, 0.25) is 5.91 Å². The highest BCUT2D eigenvalue weighted by Crippen LogP contribution is 2.09. The first-order valence-electron chi connectivity index (χ1n) is 5.28. The summed E-state index contributed by atoms with van der Waals surface area (Å²) < 4.78 is 0. The number of nitrogens with one attached hydrogen (secondary N) is 1. The van der Waals surface area contributed by atoms with Crippen LogP contribution in [0.4, 0.5) is 5.13 Å². The van der Waals surface area contributed by atoms with Crippen LogP contribution in [0.2, 0.25) is 0 Å². The Morgan fingerprint density at radius 3 is 3.06 bits per heavy atom. The van der Waals surface area contributed by atoms with Gasteiger partial charge in [-0.15, -0.1) is 11.3 Å². The van der Waals surface area contributed by atoms with E-state index in [0.717, 1.165) is 13.1 Å². The molecule has 5 nitrogen and oxygen atoms in total. The third kappa shape index (κ3) is 4.69. The van der Waals surface area contributed by atoms with Crippen LogP contribution < -0.4 is 5.32 Å². The number of carbonyl (C=O) groups excluding carboxylic acids is 1. The first kappa shape index (κ1) is 13.1. The number of carbonyl (C=O) groups is 1. The second-order valence-electron chi connectivity index (χ2n) is 3.33. The van der Waals surface area contributed by atoms with Crippen LogP contribution >= 0.6 is 11.3 Å². The molecular weight excluding hydrogens is 226 g/mol. The second kappa shape index (κ2) is 7.32. The first-order valence-corrected chi connectivity index (χ1v) is 6.16. The minimum atomic E-state index is -0.0604. The number of thiazole rings is 1. The Kier molecular flexibility index (Phi) is 5.99. The second-order valence-corrected chi connectivity index (χ2v) is 4.23. The lowest BCUT2D eigenvalue weighted by Gasteiger charge is -2.18. The number of nitrogens with zero attached hydrogens (tertiary/aromatic N) is 2. The van der Waals surface area contributed by atoms with Gasteiger partial charge < -0.3 is 10.4 Å². The molecule has 6 heteroatoms. The van der Waals surface area contributed by atoms with Gasteiger partial charge >= 0.3 is 0 Å². The van der Waals surface area contributed by atoms with Crippen molar-refractivity contribution in [1.29, 1.82) is 0 Å². The highest BCUT2D eigenvalue weighted by atomic mass is 32.1. The van der Waals surface area contributed by atoms with E-state index in [-0.39, 0.29) is 12.5 Å². The van der Waals surface area contributed by atoms with Crippen molar-refractivity contribution in [3.63, 3.8) is 0 Å². The fourth-order valence-corrected chi connectivity index (χ4v) is 1.84. The molecule has 1 aromatic heterocycles. The van der Waals surface area contributed by atoms with Crippen LogP contribution in [0.15, 0.2) is 11.6 Å². The number of anilines is 1. The predicted octanol–water partition coefficient (Wildman–Crippen LogP) is 0.786. The summed E-state index contributed by atoms with van der Waals surface area (Å²) in [7, 11) is 0. The van der Waals surface area contributed by atoms with Gasteiger partial charge in [0.15, 0.2) is 5.13 Å². The molecule has 0 atom stereocenters. The average molecular weight is 243 g/mol. The van der Waals surface area contributed by atoms with E-state index in [9.17, 15) is 4.79 Å². The first-order chi connectivity index (χ1) is 7.76. The highest BCUT2D eigenvalue weighted by Gasteiger charge is 2.09. The molecule has 1 amide bonds. The maximum atomic E-state index is 11.6. The Bertz CT molecular complexity index is 303. The summed E-state index contributed by atoms with van der Waals surface area (Å²) in [5.74, 6) is -0.0604. The van der Waals surface area contributed by atoms with Gasteiger partial charge in [-0.1, -0.05) is 6.92 Å². The molecule has 1 rings (SSSR count). The summed E-state index contributed by atoms with van der Waals surface area (Å²) in [6.07, 6.45) is 2.35. The standard InChI is InChI=1S/C10H17N3O2S/c1-2-13(5-3-6-14)8-9(15)12-10-11-4-7-16-10/h4,7,14H,2-3,5-6,8H2,1H3,(H,11,12,15). The molecule has 0 spiro atoms. The third-order valence-electron chi connectivity index (χ3n) is 2.13. The molecule has 0 aromatic carbocycles. The van der Waals surface area contributed by atoms with Crippen LogP contribution in [0.3, 0.4) is 0 Å². The fourth-order valence-electron chi connectivity index (χ4n) is 1.29. The van der Waals surface area contributed by atoms with Gasteiger partial charge in [-0.3, -0.25) is 9.69 Å². The summed E-state index contributed by atoms with van der Waals surface area (Å²) >= 11 is 1.40. The van der Waals surface area contributed by atoms with Crippen LogP contribution in [0.5, 0.6) is 0 Å². The van der Waals surface area contributed by atoms with E-state index in [0.29, 0.717) is 18.1 Å². The molecule has 90 valence electrons. The van der Waals surface area contributed by atoms with Gasteiger partial charge in [-0.2, -0.15) is 0 Å². The van der Waals surface area contributed by atoms with Crippen molar-refractivity contribution in [2.75, 3.05) is 31.6 Å². The average Bonchev–Trinajstić information content (AvgIpc) is 2.76. The van der Waals surface area contributed by atoms with Gasteiger partial charge in [-0.05, 0) is 13.0 Å². The van der Waals surface area contributed by atoms with Crippen molar-refractivity contribution in [1.82, 2.24) is 9.88 Å². The lowest BCUT2D eigenvalue weighted by molar-refractivity contribution is -0.117. The molecule has 16 heavy (non-hydrogen) atoms. The number of hydrogen-bond acceptors (Lipinski definition) is 5. The van der Waals surface area contributed by atoms with Crippen LogP contribution in [0.25, 0.3) is 0 Å². The van der Waals surface area contributed by atoms with Crippen molar-refractivity contribution in [2.45, 2.75) is 13.3 Å². The molecule has 0 radical (unpaired) electrons. The Morgan fingerprint density at radius 2 is 2.50 bits per heavy atom. The zero-order valence-electron chi connectivity index (χ0n) is 9.35. The maximum absolute atomic E-state index is 11.6. The minimum absolute atomic E-state index is 0.0604. The number of likely N-dealkylation sites (N-methyl/N-ethyl adjacent to an activating group) is 1. The summed E-state index contributed by atoms with van der Waals surface area (Å²) in [6.45, 7) is 4.03. The molecule has 0 fully saturated rings. The van der Waals surface area contributed by atoms with Crippen LogP contribution in [0, 0.1) is 0 Å². The molecule has 1 heterocycles. The number of aliphatic hydroxyl groups is 1. The summed E-state index contributed by atoms with van der Waals surface area (Å²) in [6, 6.07) is 0. The van der Waals surface area contributed by atoms with Crippen molar-refractivity contribution in [2.24, 2.45) is 0 Å². The molecule has 0 aliphatic rings. The Labute approximate surface area is 99.1 Å². The van der Waals surface area contributed by atoms with E-state index in [1.165, 1.54) is 11.3 Å². The van der Waals surface area contributed by atoms with E-state index in [1.54, 1.807) is 6.20 Å². The quantitative estimate of drug-likeness (QED) is 0.743. The van der Waals surface area contributed by atoms with E-state index >= 15 is 0 Å². The molecule has 0 aliphatic heterocycles. The number of aliphatic hydroxyl groups excluding tert-OH is 1. The third-order valence-corrected chi connectivity index (χ3v) is 2.81. The maximum Gasteiger partial charge on any atom is 0.240 e. The largest absolute Gasteiger partial charge is 0.396 e. The van der Waals surface area contributed by atoms with Crippen LogP contribution in [-0.4, -0.2) is 47.1 Å². The van der Waals surface area contributed by atoms with E-state index < -0.39 is 0 Å². The molecular formula is C10H17N3O2S. The lowest BCUT2D eigenvalue weighted by atomic mass is 10.4. The molecule has 0 saturated carbocycles. The number of hydrogen-bond donors (Lipinski definition) is 2. The number of rotatable bonds is 7. The Hall–Kier alpha value is -0.980. The highest BCUT2D eigenvalue weighted by molar-refractivity contribution is 7.13. The minimum Gasteiger partial charge on any atom is -0.396 e. The van der Waals surface area contributed by atoms with Gasteiger partial charge in [-0.25, -0.2) is 4.98 Å². The number of amides is 1. The summed E-state index contributed by atoms with van der Waals surface area (Å²) in [5.41, 5.74) is 0. The molecule has 0 aliphatic carbocycles. The fraction of sp³-hybridized carbons (Fsp3) is 0.600. The van der Waals surface area contributed by atoms with E-state index in [4.69, 9.17) is 5.11 Å². The predicted molar refractivity (Wildman–Crippen MR) is 64.6 cm³/mol. The molecule has 0 bridgehead atoms. The van der Waals surface area contributed by atoms with Crippen molar-refractivity contribution >= 4 is 22.4 Å². The molecule has 0 saturated heterocycles. The monoisotopic (exact) mass is 243 g/mol. The topological polar surface area (TPSA) is 65.5 Å². The number of aromatic nitrogens is 1. The lowest BCUT2D eigenvalue weighted by Crippen LogP contribution is -2.34. The Balaban J connectivity index is 2.31.